The molecule has 17 heteroatoms. The molecule has 0 aliphatic carbocycles. The summed E-state index contributed by atoms with van der Waals surface area (Å²) in [6.07, 6.45) is -15.8. The van der Waals surface area contributed by atoms with Gasteiger partial charge in [-0.15, -0.1) is 0 Å². The third-order valence-corrected chi connectivity index (χ3v) is 9.26. The maximum atomic E-state index is 12.8. The van der Waals surface area contributed by atoms with E-state index in [1.807, 2.05) is 6.07 Å². The van der Waals surface area contributed by atoms with Crippen LogP contribution < -0.4 is 18.9 Å². The summed E-state index contributed by atoms with van der Waals surface area (Å²) in [6.45, 7) is -1.23. The standard InChI is InChI=1S/C33H44O17/c1-43-18-6-4-15(9-20(18)44-2)8-17-13-47-32(41)33(17,42)11-16-5-7-19(21(10-16)45-3)48-31-29(40)27(38)25(36)23(50-31)14-46-30-28(39)26(37)24(35)22(12-34)49-30/h4-7,9-10,17,22-31,34-40,42H,8,11-14H2,1-3H3. The van der Waals surface area contributed by atoms with Crippen LogP contribution in [0.15, 0.2) is 36.4 Å². The largest absolute Gasteiger partial charge is 0.493 e. The average Bonchev–Trinajstić information content (AvgIpc) is 3.39. The van der Waals surface area contributed by atoms with E-state index in [9.17, 15) is 45.6 Å². The van der Waals surface area contributed by atoms with Crippen LogP contribution in [-0.2, 0) is 36.6 Å². The molecule has 3 aliphatic heterocycles. The van der Waals surface area contributed by atoms with Gasteiger partial charge >= 0.3 is 5.97 Å². The van der Waals surface area contributed by atoms with Crippen molar-refractivity contribution < 1.29 is 83.5 Å². The maximum absolute atomic E-state index is 12.8. The van der Waals surface area contributed by atoms with Crippen molar-refractivity contribution in [2.45, 2.75) is 79.9 Å². The summed E-state index contributed by atoms with van der Waals surface area (Å²) >= 11 is 0. The average molecular weight is 713 g/mol. The zero-order valence-corrected chi connectivity index (χ0v) is 27.6. The van der Waals surface area contributed by atoms with Gasteiger partial charge in [-0.2, -0.15) is 0 Å². The lowest BCUT2D eigenvalue weighted by molar-refractivity contribution is -0.323. The molecule has 3 saturated heterocycles. The number of hydrogen-bond donors (Lipinski definition) is 8. The van der Waals surface area contributed by atoms with Gasteiger partial charge in [-0.05, 0) is 41.8 Å². The molecule has 0 radical (unpaired) electrons. The topological polar surface area (TPSA) is 253 Å². The zero-order chi connectivity index (χ0) is 36.3. The molecule has 3 heterocycles. The Kier molecular flexibility index (Phi) is 12.1. The molecule has 8 N–H and O–H groups in total. The molecular formula is C33H44O17. The second-order valence-electron chi connectivity index (χ2n) is 12.4. The quantitative estimate of drug-likeness (QED) is 0.0992. The fourth-order valence-corrected chi connectivity index (χ4v) is 6.24. The first-order chi connectivity index (χ1) is 23.8. The summed E-state index contributed by atoms with van der Waals surface area (Å²) in [6, 6.07) is 9.84. The third kappa shape index (κ3) is 7.63. The zero-order valence-electron chi connectivity index (χ0n) is 27.6. The Hall–Kier alpha value is -3.33. The summed E-state index contributed by atoms with van der Waals surface area (Å²) in [7, 11) is 4.37. The molecule has 0 aromatic heterocycles. The highest BCUT2D eigenvalue weighted by molar-refractivity contribution is 5.82. The third-order valence-electron chi connectivity index (χ3n) is 9.26. The predicted octanol–water partition coefficient (Wildman–Crippen LogP) is -2.60. The Balaban J connectivity index is 1.27. The highest BCUT2D eigenvalue weighted by Crippen LogP contribution is 2.38. The molecule has 0 amide bonds. The molecule has 5 rings (SSSR count). The van der Waals surface area contributed by atoms with Gasteiger partial charge in [0.05, 0.1) is 41.2 Å². The Labute approximate surface area is 287 Å². The van der Waals surface area contributed by atoms with Gasteiger partial charge in [0.25, 0.3) is 0 Å². The Morgan fingerprint density at radius 2 is 1.28 bits per heavy atom. The summed E-state index contributed by atoms with van der Waals surface area (Å²) in [5, 5.41) is 83.1. The van der Waals surface area contributed by atoms with Gasteiger partial charge in [0.1, 0.15) is 48.8 Å². The van der Waals surface area contributed by atoms with Gasteiger partial charge in [-0.1, -0.05) is 12.1 Å². The van der Waals surface area contributed by atoms with Gasteiger partial charge in [0.2, 0.25) is 6.29 Å². The maximum Gasteiger partial charge on any atom is 0.338 e. The van der Waals surface area contributed by atoms with Crippen LogP contribution in [0.5, 0.6) is 23.0 Å². The molecule has 12 atom stereocenters. The number of carbonyl (C=O) groups is 1. The minimum atomic E-state index is -1.88. The minimum absolute atomic E-state index is 0.00560. The van der Waals surface area contributed by atoms with E-state index in [-0.39, 0.29) is 24.5 Å². The van der Waals surface area contributed by atoms with Crippen molar-refractivity contribution in [3.05, 3.63) is 47.5 Å². The number of ether oxygens (including phenoxy) is 8. The second kappa shape index (κ2) is 15.9. The normalized spacial score (nSPS) is 35.7. The van der Waals surface area contributed by atoms with Crippen molar-refractivity contribution >= 4 is 5.97 Å². The van der Waals surface area contributed by atoms with E-state index in [4.69, 9.17) is 37.9 Å². The van der Waals surface area contributed by atoms with E-state index in [0.29, 0.717) is 23.5 Å². The van der Waals surface area contributed by atoms with E-state index >= 15 is 0 Å². The number of methoxy groups -OCH3 is 3. The molecular weight excluding hydrogens is 668 g/mol. The Morgan fingerprint density at radius 3 is 1.94 bits per heavy atom. The number of benzene rings is 2. The van der Waals surface area contributed by atoms with Gasteiger partial charge in [-0.25, -0.2) is 4.79 Å². The van der Waals surface area contributed by atoms with Crippen LogP contribution in [0.3, 0.4) is 0 Å². The van der Waals surface area contributed by atoms with Crippen LogP contribution in [-0.4, -0.2) is 155 Å². The molecule has 0 spiro atoms. The van der Waals surface area contributed by atoms with Crippen LogP contribution >= 0.6 is 0 Å². The number of rotatable bonds is 13. The number of carbonyl (C=O) groups excluding carboxylic acids is 1. The molecule has 278 valence electrons. The Bertz CT molecular complexity index is 1460. The fraction of sp³-hybridized carbons (Fsp3) is 0.606. The monoisotopic (exact) mass is 712 g/mol. The van der Waals surface area contributed by atoms with E-state index in [1.54, 1.807) is 18.2 Å². The number of esters is 1. The lowest BCUT2D eigenvalue weighted by Crippen LogP contribution is -2.62. The van der Waals surface area contributed by atoms with E-state index < -0.39 is 92.1 Å². The molecule has 12 unspecified atom stereocenters. The summed E-state index contributed by atoms with van der Waals surface area (Å²) in [5.74, 6) is -0.171. The Morgan fingerprint density at radius 1 is 0.720 bits per heavy atom. The lowest BCUT2D eigenvalue weighted by atomic mass is 9.81. The van der Waals surface area contributed by atoms with Gasteiger partial charge in [0.15, 0.2) is 34.9 Å². The van der Waals surface area contributed by atoms with Crippen molar-refractivity contribution in [2.24, 2.45) is 5.92 Å². The molecule has 3 aliphatic rings. The summed E-state index contributed by atoms with van der Waals surface area (Å²) < 4.78 is 43.7. The number of cyclic esters (lactones) is 1. The van der Waals surface area contributed by atoms with E-state index in [1.165, 1.54) is 33.5 Å². The van der Waals surface area contributed by atoms with Crippen molar-refractivity contribution in [1.82, 2.24) is 0 Å². The first-order valence-corrected chi connectivity index (χ1v) is 15.9. The van der Waals surface area contributed by atoms with Crippen molar-refractivity contribution in [3.8, 4) is 23.0 Å². The van der Waals surface area contributed by atoms with Crippen LogP contribution in [0.1, 0.15) is 11.1 Å². The second-order valence-corrected chi connectivity index (χ2v) is 12.4. The van der Waals surface area contributed by atoms with Crippen molar-refractivity contribution in [2.75, 3.05) is 41.2 Å². The molecule has 0 bridgehead atoms. The number of hydrogen-bond acceptors (Lipinski definition) is 17. The SMILES string of the molecule is COc1ccc(CC2COC(=O)C2(O)Cc2ccc(OC3OC(COC4OC(CO)C(O)C(O)C4O)C(O)C(O)C3O)c(OC)c2)cc1OC. The lowest BCUT2D eigenvalue weighted by Gasteiger charge is -2.42. The first-order valence-electron chi connectivity index (χ1n) is 15.9. The van der Waals surface area contributed by atoms with Crippen LogP contribution in [0, 0.1) is 5.92 Å². The molecule has 0 saturated carbocycles. The predicted molar refractivity (Wildman–Crippen MR) is 166 cm³/mol. The number of aliphatic hydroxyl groups is 8. The minimum Gasteiger partial charge on any atom is -0.493 e. The van der Waals surface area contributed by atoms with Crippen LogP contribution in [0.4, 0.5) is 0 Å². The fourth-order valence-electron chi connectivity index (χ4n) is 6.24. The van der Waals surface area contributed by atoms with Gasteiger partial charge in [0, 0.05) is 12.3 Å². The summed E-state index contributed by atoms with van der Waals surface area (Å²) in [4.78, 5) is 12.8. The van der Waals surface area contributed by atoms with Crippen LogP contribution in [0.2, 0.25) is 0 Å². The molecule has 2 aromatic carbocycles. The molecule has 17 nitrogen and oxygen atoms in total. The van der Waals surface area contributed by atoms with Gasteiger partial charge < -0.3 is 78.7 Å². The number of aliphatic hydroxyl groups excluding tert-OH is 7. The highest BCUT2D eigenvalue weighted by atomic mass is 16.7. The molecule has 3 fully saturated rings. The highest BCUT2D eigenvalue weighted by Gasteiger charge is 2.51. The summed E-state index contributed by atoms with van der Waals surface area (Å²) in [5.41, 5.74) is -0.599. The van der Waals surface area contributed by atoms with E-state index in [2.05, 4.69) is 0 Å². The van der Waals surface area contributed by atoms with Gasteiger partial charge in [-0.3, -0.25) is 0 Å². The van der Waals surface area contributed by atoms with Crippen molar-refractivity contribution in [3.63, 3.8) is 0 Å². The van der Waals surface area contributed by atoms with Crippen molar-refractivity contribution in [1.29, 1.82) is 0 Å². The van der Waals surface area contributed by atoms with Crippen LogP contribution in [0.25, 0.3) is 0 Å². The molecule has 50 heavy (non-hydrogen) atoms. The first kappa shape index (κ1) is 37.9. The molecule has 2 aromatic rings. The van der Waals surface area contributed by atoms with E-state index in [0.717, 1.165) is 5.56 Å². The smallest absolute Gasteiger partial charge is 0.338 e.